The maximum Gasteiger partial charge on any atom is 0.248 e. The van der Waals surface area contributed by atoms with Gasteiger partial charge in [0.15, 0.2) is 0 Å². The van der Waals surface area contributed by atoms with Crippen molar-refractivity contribution in [3.05, 3.63) is 53.2 Å². The van der Waals surface area contributed by atoms with Crippen LogP contribution in [0.2, 0.25) is 0 Å². The van der Waals surface area contributed by atoms with Crippen LogP contribution in [0.1, 0.15) is 21.9 Å². The third-order valence-electron chi connectivity index (χ3n) is 2.48. The Bertz CT molecular complexity index is 658. The molecule has 1 aromatic heterocycles. The van der Waals surface area contributed by atoms with Gasteiger partial charge in [-0.2, -0.15) is 5.26 Å². The van der Waals surface area contributed by atoms with Crippen LogP contribution in [0.5, 0.6) is 0 Å². The number of amides is 1. The molecule has 0 radical (unpaired) electrons. The highest BCUT2D eigenvalue weighted by Crippen LogP contribution is 2.17. The molecular formula is C13H10FN3O2. The summed E-state index contributed by atoms with van der Waals surface area (Å²) in [5, 5.41) is 11.4. The van der Waals surface area contributed by atoms with Gasteiger partial charge in [0.05, 0.1) is 12.2 Å². The monoisotopic (exact) mass is 259 g/mol. The first kappa shape index (κ1) is 12.6. The van der Waals surface area contributed by atoms with Crippen LogP contribution in [0.3, 0.4) is 0 Å². The molecule has 0 saturated heterocycles. The summed E-state index contributed by atoms with van der Waals surface area (Å²) in [6, 6.07) is 8.78. The topological polar surface area (TPSA) is 92.0 Å². The van der Waals surface area contributed by atoms with Crippen molar-refractivity contribution in [3.8, 4) is 6.07 Å². The molecule has 6 heteroatoms. The maximum absolute atomic E-state index is 13.5. The Morgan fingerprint density at radius 3 is 2.84 bits per heavy atom. The summed E-state index contributed by atoms with van der Waals surface area (Å²) in [5.74, 6) is -0.464. The first-order valence-electron chi connectivity index (χ1n) is 5.42. The maximum atomic E-state index is 13.5. The van der Waals surface area contributed by atoms with E-state index in [1.165, 1.54) is 18.2 Å². The molecule has 1 amide bonds. The molecule has 0 bridgehead atoms. The molecule has 1 heterocycles. The average Bonchev–Trinajstić information content (AvgIpc) is 2.85. The lowest BCUT2D eigenvalue weighted by molar-refractivity contribution is 0.100. The van der Waals surface area contributed by atoms with E-state index in [2.05, 4.69) is 5.32 Å². The van der Waals surface area contributed by atoms with Crippen molar-refractivity contribution in [1.82, 2.24) is 0 Å². The van der Waals surface area contributed by atoms with Gasteiger partial charge in [-0.15, -0.1) is 0 Å². The van der Waals surface area contributed by atoms with Gasteiger partial charge in [0, 0.05) is 5.56 Å². The van der Waals surface area contributed by atoms with Gasteiger partial charge in [0.1, 0.15) is 17.6 Å². The molecule has 96 valence electrons. The molecule has 0 aliphatic heterocycles. The van der Waals surface area contributed by atoms with Gasteiger partial charge < -0.3 is 15.5 Å². The predicted octanol–water partition coefficient (Wildman–Crippen LogP) is 2.00. The van der Waals surface area contributed by atoms with Crippen LogP contribution in [0, 0.1) is 17.1 Å². The second-order valence-corrected chi connectivity index (χ2v) is 3.79. The average molecular weight is 259 g/mol. The number of rotatable bonds is 4. The highest BCUT2D eigenvalue weighted by atomic mass is 19.1. The van der Waals surface area contributed by atoms with Gasteiger partial charge in [-0.3, -0.25) is 4.79 Å². The third kappa shape index (κ3) is 2.90. The lowest BCUT2D eigenvalue weighted by Gasteiger charge is -2.07. The number of nitriles is 1. The number of hydrogen-bond acceptors (Lipinski definition) is 4. The van der Waals surface area contributed by atoms with Crippen molar-refractivity contribution in [2.45, 2.75) is 6.54 Å². The Kier molecular flexibility index (Phi) is 3.48. The van der Waals surface area contributed by atoms with E-state index >= 15 is 0 Å². The second-order valence-electron chi connectivity index (χ2n) is 3.79. The number of carbonyl (C=O) groups is 1. The van der Waals surface area contributed by atoms with E-state index in [0.717, 1.165) is 6.07 Å². The number of furan rings is 1. The summed E-state index contributed by atoms with van der Waals surface area (Å²) < 4.78 is 18.6. The molecule has 0 aliphatic carbocycles. The summed E-state index contributed by atoms with van der Waals surface area (Å²) in [7, 11) is 0. The number of primary amides is 1. The number of benzene rings is 1. The van der Waals surface area contributed by atoms with Crippen LogP contribution in [0.15, 0.2) is 34.7 Å². The largest absolute Gasteiger partial charge is 0.449 e. The zero-order valence-corrected chi connectivity index (χ0v) is 9.81. The van der Waals surface area contributed by atoms with Crippen molar-refractivity contribution in [2.75, 3.05) is 5.32 Å². The van der Waals surface area contributed by atoms with Crippen molar-refractivity contribution in [3.63, 3.8) is 0 Å². The third-order valence-corrected chi connectivity index (χ3v) is 2.48. The van der Waals surface area contributed by atoms with Gasteiger partial charge in [-0.1, -0.05) is 0 Å². The van der Waals surface area contributed by atoms with Crippen LogP contribution in [0.25, 0.3) is 0 Å². The number of carbonyl (C=O) groups excluding carboxylic acids is 1. The van der Waals surface area contributed by atoms with E-state index in [0.29, 0.717) is 5.76 Å². The first-order chi connectivity index (χ1) is 9.10. The van der Waals surface area contributed by atoms with Crippen molar-refractivity contribution in [1.29, 1.82) is 5.26 Å². The van der Waals surface area contributed by atoms with Gasteiger partial charge in [-0.25, -0.2) is 4.39 Å². The number of nitrogens with one attached hydrogen (secondary N) is 1. The fraction of sp³-hybridized carbons (Fsp3) is 0.0769. The molecule has 0 aliphatic rings. The Balaban J connectivity index is 2.12. The highest BCUT2D eigenvalue weighted by molar-refractivity contribution is 5.93. The molecule has 5 nitrogen and oxygen atoms in total. The van der Waals surface area contributed by atoms with Crippen LogP contribution >= 0.6 is 0 Å². The van der Waals surface area contributed by atoms with Gasteiger partial charge in [0.25, 0.3) is 0 Å². The molecule has 0 atom stereocenters. The predicted molar refractivity (Wildman–Crippen MR) is 65.7 cm³/mol. The van der Waals surface area contributed by atoms with Crippen molar-refractivity contribution < 1.29 is 13.6 Å². The zero-order chi connectivity index (χ0) is 13.8. The summed E-state index contributed by atoms with van der Waals surface area (Å²) in [6.07, 6.45) is 0. The van der Waals surface area contributed by atoms with Crippen molar-refractivity contribution in [2.24, 2.45) is 5.73 Å². The molecule has 0 fully saturated rings. The highest BCUT2D eigenvalue weighted by Gasteiger charge is 2.08. The van der Waals surface area contributed by atoms with Gasteiger partial charge in [0.2, 0.25) is 11.7 Å². The van der Waals surface area contributed by atoms with E-state index < -0.39 is 11.7 Å². The fourth-order valence-corrected chi connectivity index (χ4v) is 1.53. The smallest absolute Gasteiger partial charge is 0.248 e. The van der Waals surface area contributed by atoms with Crippen LogP contribution in [-0.4, -0.2) is 5.91 Å². The molecule has 0 unspecified atom stereocenters. The Morgan fingerprint density at radius 1 is 1.42 bits per heavy atom. The molecule has 1 aromatic carbocycles. The molecule has 3 N–H and O–H groups in total. The summed E-state index contributed by atoms with van der Waals surface area (Å²) in [5.41, 5.74) is 5.47. The second kappa shape index (κ2) is 5.23. The number of nitrogens with two attached hydrogens (primary N) is 1. The SMILES string of the molecule is N#Cc1ccc(CNc2cc(C(N)=O)ccc2F)o1. The van der Waals surface area contributed by atoms with Crippen LogP contribution < -0.4 is 11.1 Å². The minimum atomic E-state index is -0.632. The zero-order valence-electron chi connectivity index (χ0n) is 9.81. The minimum absolute atomic E-state index is 0.145. The van der Waals surface area contributed by atoms with Crippen LogP contribution in [-0.2, 0) is 6.54 Å². The molecule has 2 aromatic rings. The number of nitrogens with zero attached hydrogens (tertiary/aromatic N) is 1. The Morgan fingerprint density at radius 2 is 2.21 bits per heavy atom. The summed E-state index contributed by atoms with van der Waals surface area (Å²) in [4.78, 5) is 11.0. The molecule has 19 heavy (non-hydrogen) atoms. The Labute approximate surface area is 108 Å². The number of halogens is 1. The van der Waals surface area contributed by atoms with E-state index in [1.54, 1.807) is 6.07 Å². The van der Waals surface area contributed by atoms with E-state index in [1.807, 2.05) is 6.07 Å². The molecule has 0 saturated carbocycles. The van der Waals surface area contributed by atoms with E-state index in [-0.39, 0.29) is 23.6 Å². The summed E-state index contributed by atoms with van der Waals surface area (Å²) >= 11 is 0. The molecular weight excluding hydrogens is 249 g/mol. The summed E-state index contributed by atoms with van der Waals surface area (Å²) in [6.45, 7) is 0.195. The van der Waals surface area contributed by atoms with Gasteiger partial charge in [-0.05, 0) is 30.3 Å². The van der Waals surface area contributed by atoms with Crippen LogP contribution in [0.4, 0.5) is 10.1 Å². The standard InChI is InChI=1S/C13H10FN3O2/c14-11-4-1-8(13(16)18)5-12(11)17-7-10-3-2-9(6-15)19-10/h1-5,17H,7H2,(H2,16,18). The minimum Gasteiger partial charge on any atom is -0.449 e. The lowest BCUT2D eigenvalue weighted by Crippen LogP contribution is -2.12. The lowest BCUT2D eigenvalue weighted by atomic mass is 10.2. The molecule has 2 rings (SSSR count). The quantitative estimate of drug-likeness (QED) is 0.878. The normalized spacial score (nSPS) is 9.89. The fourth-order valence-electron chi connectivity index (χ4n) is 1.53. The number of hydrogen-bond donors (Lipinski definition) is 2. The van der Waals surface area contributed by atoms with Crippen molar-refractivity contribution >= 4 is 11.6 Å². The Hall–Kier alpha value is -2.81. The number of anilines is 1. The van der Waals surface area contributed by atoms with Gasteiger partial charge >= 0.3 is 0 Å². The molecule has 0 spiro atoms. The first-order valence-corrected chi connectivity index (χ1v) is 5.42. The van der Waals surface area contributed by atoms with E-state index in [9.17, 15) is 9.18 Å². The van der Waals surface area contributed by atoms with E-state index in [4.69, 9.17) is 15.4 Å².